The first-order chi connectivity index (χ1) is 16.2. The van der Waals surface area contributed by atoms with E-state index in [1.807, 2.05) is 29.1 Å². The molecule has 0 atom stereocenters. The van der Waals surface area contributed by atoms with Gasteiger partial charge in [-0.15, -0.1) is 0 Å². The zero-order valence-corrected chi connectivity index (χ0v) is 18.2. The van der Waals surface area contributed by atoms with Crippen LogP contribution in [0.1, 0.15) is 11.3 Å². The van der Waals surface area contributed by atoms with E-state index in [0.717, 1.165) is 44.1 Å². The first-order valence-corrected chi connectivity index (χ1v) is 10.5. The second-order valence-corrected chi connectivity index (χ2v) is 7.49. The molecule has 4 rings (SSSR count). The first kappa shape index (κ1) is 25.1. The Morgan fingerprint density at radius 1 is 1.18 bits per heavy atom. The number of halogens is 3. The van der Waals surface area contributed by atoms with E-state index in [1.165, 1.54) is 5.56 Å². The summed E-state index contributed by atoms with van der Waals surface area (Å²) in [5.74, 6) is -2.15. The van der Waals surface area contributed by atoms with Gasteiger partial charge in [-0.05, 0) is 11.6 Å². The van der Waals surface area contributed by atoms with E-state index in [-0.39, 0.29) is 5.56 Å². The second kappa shape index (κ2) is 11.6. The molecule has 0 amide bonds. The molecule has 1 aromatic carbocycles. The summed E-state index contributed by atoms with van der Waals surface area (Å²) in [5.41, 5.74) is 2.80. The molecule has 2 N–H and O–H groups in total. The van der Waals surface area contributed by atoms with Crippen molar-refractivity contribution in [2.24, 2.45) is 0 Å². The number of aryl methyl sites for hydroxylation is 2. The van der Waals surface area contributed by atoms with Crippen LogP contribution in [0.3, 0.4) is 0 Å². The monoisotopic (exact) mass is 479 g/mol. The molecular weight excluding hydrogens is 455 g/mol. The van der Waals surface area contributed by atoms with E-state index in [2.05, 4.69) is 32.1 Å². The fourth-order valence-electron chi connectivity index (χ4n) is 3.22. The van der Waals surface area contributed by atoms with Gasteiger partial charge in [-0.3, -0.25) is 14.4 Å². The molecule has 3 aromatic rings. The highest BCUT2D eigenvalue weighted by molar-refractivity contribution is 5.73. The van der Waals surface area contributed by atoms with Crippen LogP contribution in [0.5, 0.6) is 0 Å². The summed E-state index contributed by atoms with van der Waals surface area (Å²) in [5, 5.41) is 11.3. The van der Waals surface area contributed by atoms with E-state index < -0.39 is 12.1 Å². The average Bonchev–Trinajstić information content (AvgIpc) is 3.32. The SMILES string of the molecule is O=C(O)C(F)(F)F.O=c1cc(CCn2cccn2)nc(-c2ccc(CN3CCOCC3)cc2)[nH]1. The summed E-state index contributed by atoms with van der Waals surface area (Å²) in [6.45, 7) is 5.14. The lowest BCUT2D eigenvalue weighted by molar-refractivity contribution is -0.192. The number of carboxylic acid groups (broad SMARTS) is 1. The highest BCUT2D eigenvalue weighted by Crippen LogP contribution is 2.17. The standard InChI is InChI=1S/C20H23N5O2.C2HF3O2/c26-19-14-18(6-9-25-8-1-7-21-25)22-20(23-19)17-4-2-16(3-5-17)15-24-10-12-27-13-11-24;3-2(4,5)1(6)7/h1-5,7-8,14H,6,9-13,15H2,(H,22,23,26);(H,6,7). The number of carboxylic acids is 1. The van der Waals surface area contributed by atoms with Gasteiger partial charge >= 0.3 is 12.1 Å². The Labute approximate surface area is 192 Å². The molecule has 182 valence electrons. The van der Waals surface area contributed by atoms with Gasteiger partial charge < -0.3 is 14.8 Å². The molecule has 0 spiro atoms. The van der Waals surface area contributed by atoms with Crippen LogP contribution in [-0.2, 0) is 29.0 Å². The van der Waals surface area contributed by atoms with Crippen molar-refractivity contribution in [3.8, 4) is 11.4 Å². The maximum Gasteiger partial charge on any atom is 0.490 e. The van der Waals surface area contributed by atoms with Gasteiger partial charge in [-0.1, -0.05) is 24.3 Å². The fourth-order valence-corrected chi connectivity index (χ4v) is 3.22. The molecule has 0 unspecified atom stereocenters. The number of aliphatic carboxylic acids is 1. The molecule has 2 aromatic heterocycles. The van der Waals surface area contributed by atoms with Gasteiger partial charge in [-0.25, -0.2) is 9.78 Å². The zero-order valence-electron chi connectivity index (χ0n) is 18.2. The molecule has 1 aliphatic heterocycles. The number of hydrogen-bond acceptors (Lipinski definition) is 6. The van der Waals surface area contributed by atoms with Gasteiger partial charge in [0.05, 0.1) is 18.9 Å². The van der Waals surface area contributed by atoms with E-state index in [9.17, 15) is 18.0 Å². The van der Waals surface area contributed by atoms with Crippen LogP contribution in [0.15, 0.2) is 53.6 Å². The minimum absolute atomic E-state index is 0.132. The van der Waals surface area contributed by atoms with Crippen molar-refractivity contribution in [2.75, 3.05) is 26.3 Å². The summed E-state index contributed by atoms with van der Waals surface area (Å²) >= 11 is 0. The van der Waals surface area contributed by atoms with Gasteiger partial charge in [0.2, 0.25) is 0 Å². The quantitative estimate of drug-likeness (QED) is 0.558. The number of ether oxygens (including phenoxy) is 1. The number of benzene rings is 1. The normalized spacial score (nSPS) is 14.3. The molecular formula is C22H24F3N5O4. The van der Waals surface area contributed by atoms with Crippen LogP contribution in [0.25, 0.3) is 11.4 Å². The molecule has 3 heterocycles. The molecule has 1 saturated heterocycles. The van der Waals surface area contributed by atoms with Crippen LogP contribution in [0.2, 0.25) is 0 Å². The van der Waals surface area contributed by atoms with E-state index in [0.29, 0.717) is 18.8 Å². The number of hydrogen-bond donors (Lipinski definition) is 2. The third kappa shape index (κ3) is 7.81. The highest BCUT2D eigenvalue weighted by atomic mass is 19.4. The van der Waals surface area contributed by atoms with Crippen LogP contribution >= 0.6 is 0 Å². The molecule has 0 radical (unpaired) electrons. The zero-order chi connectivity index (χ0) is 24.6. The van der Waals surface area contributed by atoms with E-state index >= 15 is 0 Å². The van der Waals surface area contributed by atoms with E-state index in [1.54, 1.807) is 12.3 Å². The number of H-pyrrole nitrogens is 1. The summed E-state index contributed by atoms with van der Waals surface area (Å²) < 4.78 is 39.0. The predicted molar refractivity (Wildman–Crippen MR) is 116 cm³/mol. The molecule has 12 heteroatoms. The minimum Gasteiger partial charge on any atom is -0.475 e. The largest absolute Gasteiger partial charge is 0.490 e. The Morgan fingerprint density at radius 2 is 1.85 bits per heavy atom. The molecule has 9 nitrogen and oxygen atoms in total. The number of aromatic amines is 1. The minimum atomic E-state index is -5.08. The van der Waals surface area contributed by atoms with Crippen LogP contribution < -0.4 is 5.56 Å². The number of aromatic nitrogens is 4. The van der Waals surface area contributed by atoms with Gasteiger partial charge in [0.15, 0.2) is 0 Å². The van der Waals surface area contributed by atoms with Crippen molar-refractivity contribution in [3.05, 3.63) is 70.4 Å². The van der Waals surface area contributed by atoms with Crippen LogP contribution in [0, 0.1) is 0 Å². The maximum atomic E-state index is 12.0. The number of alkyl halides is 3. The third-order valence-corrected chi connectivity index (χ3v) is 4.93. The van der Waals surface area contributed by atoms with E-state index in [4.69, 9.17) is 14.6 Å². The van der Waals surface area contributed by atoms with Crippen LogP contribution in [-0.4, -0.2) is 68.2 Å². The molecule has 1 aliphatic rings. The summed E-state index contributed by atoms with van der Waals surface area (Å²) in [4.78, 5) is 30.8. The fraction of sp³-hybridized carbons (Fsp3) is 0.364. The Morgan fingerprint density at radius 3 is 2.44 bits per heavy atom. The van der Waals surface area contributed by atoms with Crippen molar-refractivity contribution < 1.29 is 27.8 Å². The summed E-state index contributed by atoms with van der Waals surface area (Å²) in [6.07, 6.45) is -0.774. The lowest BCUT2D eigenvalue weighted by atomic mass is 10.1. The number of morpholine rings is 1. The predicted octanol–water partition coefficient (Wildman–Crippen LogP) is 2.34. The number of carbonyl (C=O) groups is 1. The lowest BCUT2D eigenvalue weighted by Crippen LogP contribution is -2.35. The van der Waals surface area contributed by atoms with Crippen molar-refractivity contribution in [1.82, 2.24) is 24.6 Å². The maximum absolute atomic E-state index is 12.0. The average molecular weight is 479 g/mol. The van der Waals surface area contributed by atoms with Crippen molar-refractivity contribution >= 4 is 5.97 Å². The highest BCUT2D eigenvalue weighted by Gasteiger charge is 2.38. The van der Waals surface area contributed by atoms with Crippen LogP contribution in [0.4, 0.5) is 13.2 Å². The summed E-state index contributed by atoms with van der Waals surface area (Å²) in [7, 11) is 0. The molecule has 34 heavy (non-hydrogen) atoms. The van der Waals surface area contributed by atoms with Crippen molar-refractivity contribution in [1.29, 1.82) is 0 Å². The third-order valence-electron chi connectivity index (χ3n) is 4.93. The molecule has 1 fully saturated rings. The summed E-state index contributed by atoms with van der Waals surface area (Å²) in [6, 6.07) is 11.7. The Balaban J connectivity index is 0.000000406. The molecule has 0 bridgehead atoms. The van der Waals surface area contributed by atoms with Gasteiger partial charge in [-0.2, -0.15) is 18.3 Å². The van der Waals surface area contributed by atoms with Gasteiger partial charge in [0.25, 0.3) is 5.56 Å². The molecule has 0 saturated carbocycles. The number of nitrogens with zero attached hydrogens (tertiary/aromatic N) is 4. The van der Waals surface area contributed by atoms with Gasteiger partial charge in [0.1, 0.15) is 5.82 Å². The Hall–Kier alpha value is -3.51. The first-order valence-electron chi connectivity index (χ1n) is 10.5. The Kier molecular flexibility index (Phi) is 8.55. The topological polar surface area (TPSA) is 113 Å². The number of rotatable bonds is 6. The lowest BCUT2D eigenvalue weighted by Gasteiger charge is -2.26. The Bertz CT molecular complexity index is 1110. The molecule has 0 aliphatic carbocycles. The number of nitrogens with one attached hydrogen (secondary N) is 1. The van der Waals surface area contributed by atoms with Crippen molar-refractivity contribution in [3.63, 3.8) is 0 Å². The smallest absolute Gasteiger partial charge is 0.475 e. The van der Waals surface area contributed by atoms with Crippen molar-refractivity contribution in [2.45, 2.75) is 25.7 Å². The second-order valence-electron chi connectivity index (χ2n) is 7.49. The van der Waals surface area contributed by atoms with Gasteiger partial charge in [0, 0.05) is 56.6 Å².